The van der Waals surface area contributed by atoms with Crippen LogP contribution in [0, 0.1) is 0 Å². The van der Waals surface area contributed by atoms with Crippen molar-refractivity contribution in [3.63, 3.8) is 0 Å². The molecule has 0 aromatic heterocycles. The molecule has 0 rings (SSSR count). The van der Waals surface area contributed by atoms with Crippen molar-refractivity contribution in [1.82, 2.24) is 0 Å². The Bertz CT molecular complexity index is 81.0. The van der Waals surface area contributed by atoms with E-state index in [1.807, 2.05) is 0 Å². The van der Waals surface area contributed by atoms with E-state index in [1.54, 1.807) is 6.92 Å². The molecule has 52 valence electrons. The minimum absolute atomic E-state index is 0.495. The van der Waals surface area contributed by atoms with E-state index in [1.165, 1.54) is 23.7 Å². The van der Waals surface area contributed by atoms with Crippen LogP contribution in [0.25, 0.3) is 0 Å². The van der Waals surface area contributed by atoms with Crippen LogP contribution >= 0.6 is 0 Å². The summed E-state index contributed by atoms with van der Waals surface area (Å²) in [5, 5.41) is 0. The van der Waals surface area contributed by atoms with Crippen molar-refractivity contribution in [2.45, 2.75) is 37.5 Å². The minimum atomic E-state index is -0.557. The second kappa shape index (κ2) is 6.59. The Hall–Kier alpha value is 0.469. The maximum absolute atomic E-state index is 10.5. The van der Waals surface area contributed by atoms with Crippen LogP contribution in [-0.4, -0.2) is 24.9 Å². The monoisotopic (exact) mass is 234 g/mol. The van der Waals surface area contributed by atoms with Gasteiger partial charge in [-0.2, -0.15) is 0 Å². The molecular weight excluding hydrogens is 219 g/mol. The van der Waals surface area contributed by atoms with Gasteiger partial charge in [-0.05, 0) is 0 Å². The second-order valence-corrected chi connectivity index (χ2v) is 6.64. The molecule has 0 amide bonds. The quantitative estimate of drug-likeness (QED) is 0.523. The van der Waals surface area contributed by atoms with E-state index in [9.17, 15) is 4.79 Å². The number of carbonyl (C=O) groups is 1. The Morgan fingerprint density at radius 1 is 1.44 bits per heavy atom. The van der Waals surface area contributed by atoms with E-state index in [4.69, 9.17) is 0 Å². The summed E-state index contributed by atoms with van der Waals surface area (Å²) in [6.07, 6.45) is 3.88. The van der Waals surface area contributed by atoms with Gasteiger partial charge in [-0.15, -0.1) is 0 Å². The predicted molar refractivity (Wildman–Crippen MR) is 40.8 cm³/mol. The van der Waals surface area contributed by atoms with Crippen LogP contribution in [0.15, 0.2) is 0 Å². The molecule has 0 bridgehead atoms. The number of hydrogen-bond acceptors (Lipinski definition) is 1. The molecule has 0 aromatic rings. The van der Waals surface area contributed by atoms with Crippen molar-refractivity contribution >= 4 is 24.9 Å². The van der Waals surface area contributed by atoms with Gasteiger partial charge in [-0.25, -0.2) is 0 Å². The molecule has 0 spiro atoms. The molecule has 2 heteroatoms. The van der Waals surface area contributed by atoms with Gasteiger partial charge in [0, 0.05) is 0 Å². The van der Waals surface area contributed by atoms with Crippen molar-refractivity contribution in [2.24, 2.45) is 0 Å². The zero-order chi connectivity index (χ0) is 7.11. The summed E-state index contributed by atoms with van der Waals surface area (Å²) < 4.78 is 1.75. The van der Waals surface area contributed by atoms with Gasteiger partial charge in [0.1, 0.15) is 0 Å². The molecule has 0 atom stereocenters. The Labute approximate surface area is 67.4 Å². The van der Waals surface area contributed by atoms with Gasteiger partial charge in [0.25, 0.3) is 0 Å². The fourth-order valence-corrected chi connectivity index (χ4v) is 2.86. The first-order chi connectivity index (χ1) is 4.27. The molecule has 0 saturated carbocycles. The van der Waals surface area contributed by atoms with Crippen LogP contribution < -0.4 is 0 Å². The first kappa shape index (κ1) is 9.47. The van der Waals surface area contributed by atoms with Gasteiger partial charge in [-0.1, -0.05) is 0 Å². The van der Waals surface area contributed by atoms with E-state index in [0.29, 0.717) is 3.80 Å². The fraction of sp³-hybridized carbons (Fsp3) is 0.857. The van der Waals surface area contributed by atoms with Crippen LogP contribution in [0.5, 0.6) is 0 Å². The van der Waals surface area contributed by atoms with Crippen LogP contribution in [0.4, 0.5) is 0 Å². The Morgan fingerprint density at radius 3 is 2.56 bits per heavy atom. The Balaban J connectivity index is 2.83. The van der Waals surface area contributed by atoms with E-state index in [-0.39, 0.29) is 0 Å². The molecule has 0 saturated heterocycles. The van der Waals surface area contributed by atoms with E-state index >= 15 is 0 Å². The summed E-state index contributed by atoms with van der Waals surface area (Å²) in [5.41, 5.74) is 0. The molecule has 0 aliphatic carbocycles. The summed E-state index contributed by atoms with van der Waals surface area (Å²) in [5.74, 6) is 0. The van der Waals surface area contributed by atoms with Crippen LogP contribution in [0.2, 0.25) is 4.44 Å². The SMILES string of the molecule is CCCC[CH2][Sn][C](C)=O. The molecule has 0 heterocycles. The summed E-state index contributed by atoms with van der Waals surface area (Å²) in [7, 11) is 0. The second-order valence-electron chi connectivity index (χ2n) is 2.19. The molecule has 2 radical (unpaired) electrons. The molecule has 0 aromatic carbocycles. The molecule has 0 unspecified atom stereocenters. The topological polar surface area (TPSA) is 17.1 Å². The molecule has 1 nitrogen and oxygen atoms in total. The van der Waals surface area contributed by atoms with E-state index < -0.39 is 21.1 Å². The fourth-order valence-electron chi connectivity index (χ4n) is 0.639. The first-order valence-corrected chi connectivity index (χ1v) is 6.96. The van der Waals surface area contributed by atoms with Gasteiger partial charge in [-0.3, -0.25) is 0 Å². The number of rotatable bonds is 5. The third-order valence-electron chi connectivity index (χ3n) is 1.15. The number of carbonyl (C=O) groups excluding carboxylic acids is 1. The summed E-state index contributed by atoms with van der Waals surface area (Å²) >= 11 is -0.557. The van der Waals surface area contributed by atoms with Crippen molar-refractivity contribution in [2.75, 3.05) is 0 Å². The van der Waals surface area contributed by atoms with Gasteiger partial charge >= 0.3 is 67.3 Å². The van der Waals surface area contributed by atoms with Crippen molar-refractivity contribution in [3.8, 4) is 0 Å². The third-order valence-corrected chi connectivity index (χ3v) is 4.30. The van der Waals surface area contributed by atoms with Gasteiger partial charge in [0.15, 0.2) is 0 Å². The predicted octanol–water partition coefficient (Wildman–Crippen LogP) is 1.85. The molecule has 0 fully saturated rings. The van der Waals surface area contributed by atoms with Crippen LogP contribution in [0.3, 0.4) is 0 Å². The average molecular weight is 233 g/mol. The summed E-state index contributed by atoms with van der Waals surface area (Å²) in [4.78, 5) is 10.5. The molecule has 0 aliphatic rings. The number of unbranched alkanes of at least 4 members (excludes halogenated alkanes) is 2. The van der Waals surface area contributed by atoms with Crippen molar-refractivity contribution < 1.29 is 4.79 Å². The Morgan fingerprint density at radius 2 is 2.11 bits per heavy atom. The molecule has 0 aliphatic heterocycles. The first-order valence-electron chi connectivity index (χ1n) is 3.51. The maximum atomic E-state index is 10.5. The molecular formula is C7H14OSn. The number of hydrogen-bond donors (Lipinski definition) is 0. The van der Waals surface area contributed by atoms with Gasteiger partial charge in [0.2, 0.25) is 0 Å². The summed E-state index contributed by atoms with van der Waals surface area (Å²) in [6, 6.07) is 0. The van der Waals surface area contributed by atoms with Crippen LogP contribution in [0.1, 0.15) is 33.1 Å². The zero-order valence-electron chi connectivity index (χ0n) is 6.24. The van der Waals surface area contributed by atoms with Gasteiger partial charge < -0.3 is 0 Å². The molecule has 9 heavy (non-hydrogen) atoms. The van der Waals surface area contributed by atoms with Crippen molar-refractivity contribution in [1.29, 1.82) is 0 Å². The summed E-state index contributed by atoms with van der Waals surface area (Å²) in [6.45, 7) is 3.93. The van der Waals surface area contributed by atoms with Gasteiger partial charge in [0.05, 0.1) is 0 Å². The van der Waals surface area contributed by atoms with E-state index in [2.05, 4.69) is 6.92 Å². The van der Waals surface area contributed by atoms with E-state index in [0.717, 1.165) is 0 Å². The van der Waals surface area contributed by atoms with Crippen molar-refractivity contribution in [3.05, 3.63) is 0 Å². The zero-order valence-corrected chi connectivity index (χ0v) is 9.09. The third kappa shape index (κ3) is 8.47. The van der Waals surface area contributed by atoms with Crippen LogP contribution in [-0.2, 0) is 4.79 Å². The molecule has 0 N–H and O–H groups in total. The Kier molecular flexibility index (Phi) is 6.93. The standard InChI is InChI=1S/C5H11.C2H3O.Sn/c1-3-5-4-2;1-2-3;/h1,3-5H2,2H3;1H3;. The normalized spacial score (nSPS) is 9.56. The average Bonchev–Trinajstić information content (AvgIpc) is 1.80.